The highest BCUT2D eigenvalue weighted by molar-refractivity contribution is 5.10. The lowest BCUT2D eigenvalue weighted by molar-refractivity contribution is -0.149. The van der Waals surface area contributed by atoms with Crippen molar-refractivity contribution < 1.29 is 13.2 Å². The highest BCUT2D eigenvalue weighted by atomic mass is 19.4. The highest BCUT2D eigenvalue weighted by Crippen LogP contribution is 2.33. The second-order valence-electron chi connectivity index (χ2n) is 2.71. The number of rotatable bonds is 2. The van der Waals surface area contributed by atoms with Gasteiger partial charge in [0.15, 0.2) is 0 Å². The number of nitrogens with zero attached hydrogens (tertiary/aromatic N) is 2. The van der Waals surface area contributed by atoms with Crippen molar-refractivity contribution in [1.82, 2.24) is 9.78 Å². The first-order valence-electron chi connectivity index (χ1n) is 3.71. The maximum atomic E-state index is 12.3. The Morgan fingerprint density at radius 1 is 1.62 bits per heavy atom. The first-order valence-corrected chi connectivity index (χ1v) is 3.71. The lowest BCUT2D eigenvalue weighted by Gasteiger charge is -2.18. The van der Waals surface area contributed by atoms with E-state index in [1.165, 1.54) is 24.0 Å². The molecule has 3 nitrogen and oxygen atoms in total. The Balaban J connectivity index is 2.98. The predicted molar refractivity (Wildman–Crippen MR) is 41.1 cm³/mol. The Labute approximate surface area is 73.3 Å². The standard InChI is InChI=1S/C7H10F3N3/c1-13-6(2-3-12-13)5(4-11)7(8,9)10/h2-3,5H,4,11H2,1H3. The lowest BCUT2D eigenvalue weighted by atomic mass is 10.1. The van der Waals surface area contributed by atoms with Gasteiger partial charge in [0.1, 0.15) is 5.92 Å². The van der Waals surface area contributed by atoms with Crippen LogP contribution in [0.25, 0.3) is 0 Å². The van der Waals surface area contributed by atoms with Gasteiger partial charge < -0.3 is 5.73 Å². The van der Waals surface area contributed by atoms with E-state index in [9.17, 15) is 13.2 Å². The monoisotopic (exact) mass is 193 g/mol. The molecule has 2 N–H and O–H groups in total. The Kier molecular flexibility index (Phi) is 2.60. The second-order valence-corrected chi connectivity index (χ2v) is 2.71. The first kappa shape index (κ1) is 10.0. The Hall–Kier alpha value is -1.04. The van der Waals surface area contributed by atoms with Crippen LogP contribution in [0.5, 0.6) is 0 Å². The maximum absolute atomic E-state index is 12.3. The molecule has 1 aromatic rings. The molecule has 0 spiro atoms. The molecule has 0 fully saturated rings. The minimum Gasteiger partial charge on any atom is -0.329 e. The molecule has 0 saturated heterocycles. The molecule has 6 heteroatoms. The fraction of sp³-hybridized carbons (Fsp3) is 0.571. The summed E-state index contributed by atoms with van der Waals surface area (Å²) >= 11 is 0. The average Bonchev–Trinajstić information content (AvgIpc) is 2.35. The average molecular weight is 193 g/mol. The Morgan fingerprint density at radius 3 is 2.54 bits per heavy atom. The molecular weight excluding hydrogens is 183 g/mol. The number of hydrogen-bond donors (Lipinski definition) is 1. The number of nitrogens with two attached hydrogens (primary N) is 1. The molecule has 1 heterocycles. The highest BCUT2D eigenvalue weighted by Gasteiger charge is 2.41. The van der Waals surface area contributed by atoms with Crippen LogP contribution in [0.15, 0.2) is 12.3 Å². The van der Waals surface area contributed by atoms with Gasteiger partial charge in [-0.3, -0.25) is 4.68 Å². The Bertz CT molecular complexity index is 279. The van der Waals surface area contributed by atoms with Crippen LogP contribution in [-0.4, -0.2) is 22.5 Å². The fourth-order valence-corrected chi connectivity index (χ4v) is 1.15. The van der Waals surface area contributed by atoms with Gasteiger partial charge in [0.25, 0.3) is 0 Å². The van der Waals surface area contributed by atoms with Crippen LogP contribution in [-0.2, 0) is 7.05 Å². The number of aryl methyl sites for hydroxylation is 1. The van der Waals surface area contributed by atoms with Crippen molar-refractivity contribution in [2.75, 3.05) is 6.54 Å². The molecule has 0 aromatic carbocycles. The van der Waals surface area contributed by atoms with E-state index < -0.39 is 18.6 Å². The molecule has 1 unspecified atom stereocenters. The smallest absolute Gasteiger partial charge is 0.329 e. The normalized spacial score (nSPS) is 14.5. The summed E-state index contributed by atoms with van der Waals surface area (Å²) in [6.07, 6.45) is -2.98. The van der Waals surface area contributed by atoms with Gasteiger partial charge in [-0.2, -0.15) is 18.3 Å². The summed E-state index contributed by atoms with van der Waals surface area (Å²) < 4.78 is 38.2. The zero-order chi connectivity index (χ0) is 10.1. The molecule has 0 bridgehead atoms. The van der Waals surface area contributed by atoms with E-state index in [0.29, 0.717) is 0 Å². The van der Waals surface area contributed by atoms with E-state index in [1.54, 1.807) is 0 Å². The largest absolute Gasteiger partial charge is 0.398 e. The van der Waals surface area contributed by atoms with Gasteiger partial charge in [-0.15, -0.1) is 0 Å². The van der Waals surface area contributed by atoms with E-state index >= 15 is 0 Å². The third kappa shape index (κ3) is 2.00. The molecule has 0 aliphatic carbocycles. The molecule has 1 aromatic heterocycles. The summed E-state index contributed by atoms with van der Waals surface area (Å²) in [6.45, 7) is -0.455. The SMILES string of the molecule is Cn1nccc1C(CN)C(F)(F)F. The molecule has 1 rings (SSSR count). The van der Waals surface area contributed by atoms with Crippen LogP contribution in [0.1, 0.15) is 11.6 Å². The minimum absolute atomic E-state index is 0.0926. The van der Waals surface area contributed by atoms with Gasteiger partial charge in [0, 0.05) is 19.8 Å². The van der Waals surface area contributed by atoms with Crippen molar-refractivity contribution in [2.24, 2.45) is 12.8 Å². The summed E-state index contributed by atoms with van der Waals surface area (Å²) in [4.78, 5) is 0. The summed E-state index contributed by atoms with van der Waals surface area (Å²) in [6, 6.07) is 1.32. The maximum Gasteiger partial charge on any atom is 0.398 e. The molecule has 0 amide bonds. The first-order chi connectivity index (χ1) is 5.96. The van der Waals surface area contributed by atoms with Crippen LogP contribution in [0.4, 0.5) is 13.2 Å². The quantitative estimate of drug-likeness (QED) is 0.762. The lowest BCUT2D eigenvalue weighted by Crippen LogP contribution is -2.29. The third-order valence-corrected chi connectivity index (χ3v) is 1.85. The zero-order valence-electron chi connectivity index (χ0n) is 7.04. The topological polar surface area (TPSA) is 43.8 Å². The van der Waals surface area contributed by atoms with E-state index in [1.807, 2.05) is 0 Å². The van der Waals surface area contributed by atoms with Crippen molar-refractivity contribution in [2.45, 2.75) is 12.1 Å². The predicted octanol–water partition coefficient (Wildman–Crippen LogP) is 1.02. The van der Waals surface area contributed by atoms with Crippen molar-refractivity contribution >= 4 is 0 Å². The molecule has 13 heavy (non-hydrogen) atoms. The van der Waals surface area contributed by atoms with Gasteiger partial charge in [0.2, 0.25) is 0 Å². The van der Waals surface area contributed by atoms with E-state index in [0.717, 1.165) is 0 Å². The summed E-state index contributed by atoms with van der Waals surface area (Å²) in [5, 5.41) is 3.66. The third-order valence-electron chi connectivity index (χ3n) is 1.85. The summed E-state index contributed by atoms with van der Waals surface area (Å²) in [7, 11) is 1.46. The van der Waals surface area contributed by atoms with Crippen molar-refractivity contribution in [3.8, 4) is 0 Å². The molecule has 0 radical (unpaired) electrons. The van der Waals surface area contributed by atoms with E-state index in [-0.39, 0.29) is 5.69 Å². The van der Waals surface area contributed by atoms with Gasteiger partial charge >= 0.3 is 6.18 Å². The molecule has 0 saturated carbocycles. The molecule has 74 valence electrons. The zero-order valence-corrected chi connectivity index (χ0v) is 7.04. The van der Waals surface area contributed by atoms with Gasteiger partial charge in [-0.05, 0) is 6.07 Å². The molecule has 0 aliphatic heterocycles. The fourth-order valence-electron chi connectivity index (χ4n) is 1.15. The van der Waals surface area contributed by atoms with Crippen LogP contribution >= 0.6 is 0 Å². The van der Waals surface area contributed by atoms with Crippen molar-refractivity contribution in [3.63, 3.8) is 0 Å². The number of halogens is 3. The van der Waals surface area contributed by atoms with Crippen molar-refractivity contribution in [3.05, 3.63) is 18.0 Å². The van der Waals surface area contributed by atoms with Gasteiger partial charge in [-0.1, -0.05) is 0 Å². The van der Waals surface area contributed by atoms with E-state index in [4.69, 9.17) is 5.73 Å². The van der Waals surface area contributed by atoms with Gasteiger partial charge in [-0.25, -0.2) is 0 Å². The van der Waals surface area contributed by atoms with Gasteiger partial charge in [0.05, 0.1) is 5.69 Å². The molecule has 0 aliphatic rings. The van der Waals surface area contributed by atoms with Crippen LogP contribution in [0, 0.1) is 0 Å². The number of alkyl halides is 3. The number of aromatic nitrogens is 2. The Morgan fingerprint density at radius 2 is 2.23 bits per heavy atom. The molecular formula is C7H10F3N3. The van der Waals surface area contributed by atoms with Crippen LogP contribution in [0.2, 0.25) is 0 Å². The summed E-state index contributed by atoms with van der Waals surface area (Å²) in [5.74, 6) is -1.63. The number of hydrogen-bond acceptors (Lipinski definition) is 2. The second kappa shape index (κ2) is 3.37. The van der Waals surface area contributed by atoms with Crippen LogP contribution < -0.4 is 5.73 Å². The summed E-state index contributed by atoms with van der Waals surface area (Å²) in [5.41, 5.74) is 5.15. The van der Waals surface area contributed by atoms with Crippen molar-refractivity contribution in [1.29, 1.82) is 0 Å². The molecule has 1 atom stereocenters. The van der Waals surface area contributed by atoms with E-state index in [2.05, 4.69) is 5.10 Å². The van der Waals surface area contributed by atoms with Crippen LogP contribution in [0.3, 0.4) is 0 Å². The minimum atomic E-state index is -4.30.